The molecule has 0 aliphatic rings. The second kappa shape index (κ2) is 2.74. The van der Waals surface area contributed by atoms with Crippen molar-refractivity contribution in [3.8, 4) is 0 Å². The molecule has 2 aromatic rings. The van der Waals surface area contributed by atoms with E-state index in [4.69, 9.17) is 11.6 Å². The Labute approximate surface area is 82.1 Å². The van der Waals surface area contributed by atoms with E-state index in [1.165, 1.54) is 0 Å². The smallest absolute Gasteiger partial charge is 0.0956 e. The number of fused-ring (bicyclic) bond motifs is 1. The molecule has 0 aliphatic heterocycles. The summed E-state index contributed by atoms with van der Waals surface area (Å²) in [4.78, 5) is 0. The van der Waals surface area contributed by atoms with Crippen molar-refractivity contribution >= 4 is 22.5 Å². The Morgan fingerprint density at radius 1 is 1.31 bits per heavy atom. The molecule has 0 aliphatic carbocycles. The molecular formula is C10H11ClN2. The number of benzene rings is 1. The minimum Gasteiger partial charge on any atom is -0.272 e. The van der Waals surface area contributed by atoms with Crippen molar-refractivity contribution in [3.63, 3.8) is 0 Å². The summed E-state index contributed by atoms with van der Waals surface area (Å²) in [6.07, 6.45) is 0. The molecule has 0 spiro atoms. The zero-order valence-electron chi connectivity index (χ0n) is 7.93. The molecule has 1 heterocycles. The molecule has 0 N–H and O–H groups in total. The maximum atomic E-state index is 5.97. The van der Waals surface area contributed by atoms with Gasteiger partial charge in [-0.3, -0.25) is 4.68 Å². The summed E-state index contributed by atoms with van der Waals surface area (Å²) in [5.74, 6) is 0. The number of nitrogens with zero attached hydrogens (tertiary/aromatic N) is 2. The molecule has 68 valence electrons. The van der Waals surface area contributed by atoms with Crippen molar-refractivity contribution in [2.75, 3.05) is 0 Å². The molecule has 1 aromatic carbocycles. The summed E-state index contributed by atoms with van der Waals surface area (Å²) in [7, 11) is 1.95. The lowest BCUT2D eigenvalue weighted by Gasteiger charge is -1.95. The third-order valence-electron chi connectivity index (χ3n) is 2.39. The van der Waals surface area contributed by atoms with Crippen LogP contribution in [-0.2, 0) is 7.05 Å². The third-order valence-corrected chi connectivity index (χ3v) is 2.61. The van der Waals surface area contributed by atoms with Gasteiger partial charge in [0, 0.05) is 23.2 Å². The highest BCUT2D eigenvalue weighted by Crippen LogP contribution is 2.24. The van der Waals surface area contributed by atoms with Crippen molar-refractivity contribution in [2.45, 2.75) is 13.8 Å². The maximum Gasteiger partial charge on any atom is 0.0956 e. The molecule has 0 atom stereocenters. The summed E-state index contributed by atoms with van der Waals surface area (Å²) >= 11 is 5.97. The van der Waals surface area contributed by atoms with Crippen LogP contribution in [-0.4, -0.2) is 9.78 Å². The zero-order valence-corrected chi connectivity index (χ0v) is 8.68. The van der Waals surface area contributed by atoms with Gasteiger partial charge in [-0.1, -0.05) is 11.6 Å². The first-order valence-corrected chi connectivity index (χ1v) is 4.57. The van der Waals surface area contributed by atoms with Crippen molar-refractivity contribution in [1.82, 2.24) is 9.78 Å². The average Bonchev–Trinajstić information content (AvgIpc) is 2.32. The Morgan fingerprint density at radius 3 is 2.69 bits per heavy atom. The van der Waals surface area contributed by atoms with E-state index in [1.54, 1.807) is 0 Å². The molecule has 13 heavy (non-hydrogen) atoms. The highest BCUT2D eigenvalue weighted by molar-refractivity contribution is 6.31. The van der Waals surface area contributed by atoms with Crippen molar-refractivity contribution < 1.29 is 0 Å². The molecule has 0 fully saturated rings. The highest BCUT2D eigenvalue weighted by atomic mass is 35.5. The zero-order chi connectivity index (χ0) is 9.59. The first-order chi connectivity index (χ1) is 6.09. The van der Waals surface area contributed by atoms with Gasteiger partial charge in [-0.15, -0.1) is 0 Å². The van der Waals surface area contributed by atoms with Crippen LogP contribution in [0.15, 0.2) is 12.1 Å². The number of rotatable bonds is 0. The van der Waals surface area contributed by atoms with Crippen LogP contribution in [0.4, 0.5) is 0 Å². The molecule has 0 saturated carbocycles. The first-order valence-electron chi connectivity index (χ1n) is 4.19. The van der Waals surface area contributed by atoms with E-state index in [0.717, 1.165) is 27.2 Å². The van der Waals surface area contributed by atoms with Gasteiger partial charge in [-0.05, 0) is 31.5 Å². The van der Waals surface area contributed by atoms with E-state index in [0.29, 0.717) is 0 Å². The standard InChI is InChI=1S/C10H11ClN2/c1-6-4-8(11)5-9-7(2)13(3)12-10(6)9/h4-5H,1-3H3. The summed E-state index contributed by atoms with van der Waals surface area (Å²) in [6.45, 7) is 4.08. The molecule has 0 saturated heterocycles. The third kappa shape index (κ3) is 1.22. The van der Waals surface area contributed by atoms with Crippen LogP contribution >= 0.6 is 11.6 Å². The second-order valence-corrected chi connectivity index (χ2v) is 3.76. The van der Waals surface area contributed by atoms with Crippen LogP contribution in [0.2, 0.25) is 5.02 Å². The predicted octanol–water partition coefficient (Wildman–Crippen LogP) is 2.84. The van der Waals surface area contributed by atoms with Crippen LogP contribution in [0.3, 0.4) is 0 Å². The largest absolute Gasteiger partial charge is 0.272 e. The summed E-state index contributed by atoms with van der Waals surface area (Å²) in [6, 6.07) is 3.91. The normalized spacial score (nSPS) is 11.1. The van der Waals surface area contributed by atoms with Gasteiger partial charge in [-0.25, -0.2) is 0 Å². The number of hydrogen-bond acceptors (Lipinski definition) is 1. The lowest BCUT2D eigenvalue weighted by Crippen LogP contribution is -1.91. The molecular weight excluding hydrogens is 184 g/mol. The van der Waals surface area contributed by atoms with E-state index in [2.05, 4.69) is 5.10 Å². The lowest BCUT2D eigenvalue weighted by atomic mass is 10.1. The number of aromatic nitrogens is 2. The SMILES string of the molecule is Cc1cc(Cl)cc2c(C)n(C)nc12. The topological polar surface area (TPSA) is 17.8 Å². The molecule has 0 amide bonds. The van der Waals surface area contributed by atoms with E-state index in [-0.39, 0.29) is 0 Å². The molecule has 0 unspecified atom stereocenters. The summed E-state index contributed by atoms with van der Waals surface area (Å²) < 4.78 is 1.88. The van der Waals surface area contributed by atoms with Crippen molar-refractivity contribution in [3.05, 3.63) is 28.4 Å². The number of halogens is 1. The van der Waals surface area contributed by atoms with Crippen LogP contribution in [0.1, 0.15) is 11.3 Å². The second-order valence-electron chi connectivity index (χ2n) is 3.33. The molecule has 1 aromatic heterocycles. The molecule has 0 bridgehead atoms. The lowest BCUT2D eigenvalue weighted by molar-refractivity contribution is 0.750. The Hall–Kier alpha value is -1.02. The summed E-state index contributed by atoms with van der Waals surface area (Å²) in [5.41, 5.74) is 3.33. The van der Waals surface area contributed by atoms with E-state index in [1.807, 2.05) is 37.7 Å². The number of hydrogen-bond donors (Lipinski definition) is 0. The van der Waals surface area contributed by atoms with Crippen LogP contribution in [0.25, 0.3) is 10.9 Å². The fourth-order valence-corrected chi connectivity index (χ4v) is 1.82. The van der Waals surface area contributed by atoms with Gasteiger partial charge in [0.05, 0.1) is 5.52 Å². The van der Waals surface area contributed by atoms with E-state index in [9.17, 15) is 0 Å². The van der Waals surface area contributed by atoms with E-state index < -0.39 is 0 Å². The van der Waals surface area contributed by atoms with Crippen LogP contribution < -0.4 is 0 Å². The van der Waals surface area contributed by atoms with Gasteiger partial charge in [0.25, 0.3) is 0 Å². The molecule has 3 heteroatoms. The Kier molecular flexibility index (Phi) is 1.81. The fraction of sp³-hybridized carbons (Fsp3) is 0.300. The average molecular weight is 195 g/mol. The Balaban J connectivity index is 2.94. The Morgan fingerprint density at radius 2 is 2.00 bits per heavy atom. The van der Waals surface area contributed by atoms with Gasteiger partial charge in [0.15, 0.2) is 0 Å². The van der Waals surface area contributed by atoms with Crippen LogP contribution in [0, 0.1) is 13.8 Å². The Bertz CT molecular complexity index is 471. The van der Waals surface area contributed by atoms with Gasteiger partial charge < -0.3 is 0 Å². The predicted molar refractivity (Wildman–Crippen MR) is 55.2 cm³/mol. The highest BCUT2D eigenvalue weighted by Gasteiger charge is 2.07. The quantitative estimate of drug-likeness (QED) is 0.631. The van der Waals surface area contributed by atoms with Crippen molar-refractivity contribution in [1.29, 1.82) is 0 Å². The van der Waals surface area contributed by atoms with Crippen LogP contribution in [0.5, 0.6) is 0 Å². The van der Waals surface area contributed by atoms with Gasteiger partial charge in [0.1, 0.15) is 0 Å². The fourth-order valence-electron chi connectivity index (χ4n) is 1.54. The summed E-state index contributed by atoms with van der Waals surface area (Å²) in [5, 5.41) is 6.34. The van der Waals surface area contributed by atoms with Crippen molar-refractivity contribution in [2.24, 2.45) is 7.05 Å². The minimum absolute atomic E-state index is 0.779. The molecule has 0 radical (unpaired) electrons. The number of aryl methyl sites for hydroxylation is 3. The van der Waals surface area contributed by atoms with Gasteiger partial charge in [-0.2, -0.15) is 5.10 Å². The minimum atomic E-state index is 0.779. The monoisotopic (exact) mass is 194 g/mol. The molecule has 2 rings (SSSR count). The van der Waals surface area contributed by atoms with Gasteiger partial charge in [0.2, 0.25) is 0 Å². The van der Waals surface area contributed by atoms with E-state index >= 15 is 0 Å². The maximum absolute atomic E-state index is 5.97. The molecule has 2 nitrogen and oxygen atoms in total. The first kappa shape index (κ1) is 8.57. The van der Waals surface area contributed by atoms with Gasteiger partial charge >= 0.3 is 0 Å².